The molecule has 0 aromatic carbocycles. The number of hydroxylamine groups is 1. The molecular weight excluding hydrogens is 358 g/mol. The van der Waals surface area contributed by atoms with Crippen LogP contribution >= 0.6 is 0 Å². The Labute approximate surface area is 165 Å². The van der Waals surface area contributed by atoms with Crippen molar-refractivity contribution >= 4 is 11.8 Å². The maximum absolute atomic E-state index is 13.3. The number of piperidine rings is 1. The van der Waals surface area contributed by atoms with Crippen LogP contribution in [0.3, 0.4) is 0 Å². The summed E-state index contributed by atoms with van der Waals surface area (Å²) in [5.41, 5.74) is 2.98. The molecule has 1 aromatic heterocycles. The molecule has 0 radical (unpaired) electrons. The molecule has 2 saturated heterocycles. The lowest BCUT2D eigenvalue weighted by Crippen LogP contribution is -2.61. The third kappa shape index (κ3) is 3.90. The zero-order chi connectivity index (χ0) is 19.7. The number of likely N-dealkylation sites (N-methyl/N-ethyl adjacent to an activating group) is 1. The number of nitrogens with one attached hydrogen (secondary N) is 1. The van der Waals surface area contributed by atoms with Gasteiger partial charge in [0.25, 0.3) is 0 Å². The first-order valence-corrected chi connectivity index (χ1v) is 10.1. The number of amides is 2. The van der Waals surface area contributed by atoms with Gasteiger partial charge in [0.2, 0.25) is 11.8 Å². The summed E-state index contributed by atoms with van der Waals surface area (Å²) in [5.74, 6) is -0.931. The third-order valence-corrected chi connectivity index (χ3v) is 6.55. The first kappa shape index (κ1) is 19.3. The average molecular weight is 387 g/mol. The number of rotatable bonds is 4. The third-order valence-electron chi connectivity index (χ3n) is 6.55. The van der Waals surface area contributed by atoms with Crippen molar-refractivity contribution in [2.45, 2.75) is 31.8 Å². The quantitative estimate of drug-likeness (QED) is 0.572. The summed E-state index contributed by atoms with van der Waals surface area (Å²) in [6.45, 7) is 4.50. The molecule has 2 N–H and O–H groups in total. The van der Waals surface area contributed by atoms with E-state index in [4.69, 9.17) is 0 Å². The van der Waals surface area contributed by atoms with Gasteiger partial charge in [-0.05, 0) is 43.9 Å². The summed E-state index contributed by atoms with van der Waals surface area (Å²) < 4.78 is 0. The standard InChI is InChI=1S/C20H29N5O3/c1-23-14-20(5-6-20)12-16(18(26)22-28)17(23)19(27)25-10-8-24(9-11-25)13-15-4-2-3-7-21-15/h2-4,7,16-17,28H,5-6,8-14H2,1H3,(H,22,26)/t16-,17-/m0/s1. The van der Waals surface area contributed by atoms with E-state index in [-0.39, 0.29) is 11.3 Å². The van der Waals surface area contributed by atoms with Crippen LogP contribution in [0.15, 0.2) is 24.4 Å². The highest BCUT2D eigenvalue weighted by molar-refractivity contribution is 5.90. The minimum absolute atomic E-state index is 0.00378. The van der Waals surface area contributed by atoms with E-state index in [1.807, 2.05) is 35.0 Å². The van der Waals surface area contributed by atoms with Gasteiger partial charge < -0.3 is 4.90 Å². The molecule has 152 valence electrons. The first-order valence-electron chi connectivity index (χ1n) is 10.1. The Kier molecular flexibility index (Phi) is 5.35. The van der Waals surface area contributed by atoms with Crippen molar-refractivity contribution in [2.24, 2.45) is 11.3 Å². The van der Waals surface area contributed by atoms with Gasteiger partial charge in [0.05, 0.1) is 11.6 Å². The fourth-order valence-corrected chi connectivity index (χ4v) is 4.83. The molecule has 2 amide bonds. The molecule has 8 heteroatoms. The number of pyridine rings is 1. The summed E-state index contributed by atoms with van der Waals surface area (Å²) in [6, 6.07) is 5.41. The monoisotopic (exact) mass is 387 g/mol. The highest BCUT2D eigenvalue weighted by Gasteiger charge is 2.55. The fraction of sp³-hybridized carbons (Fsp3) is 0.650. The highest BCUT2D eigenvalue weighted by Crippen LogP contribution is 2.54. The molecule has 8 nitrogen and oxygen atoms in total. The molecule has 1 saturated carbocycles. The van der Waals surface area contributed by atoms with Gasteiger partial charge in [-0.15, -0.1) is 0 Å². The molecular formula is C20H29N5O3. The van der Waals surface area contributed by atoms with E-state index >= 15 is 0 Å². The minimum Gasteiger partial charge on any atom is -0.339 e. The van der Waals surface area contributed by atoms with E-state index in [1.54, 1.807) is 11.7 Å². The van der Waals surface area contributed by atoms with Gasteiger partial charge in [-0.25, -0.2) is 5.48 Å². The molecule has 3 aliphatic rings. The van der Waals surface area contributed by atoms with E-state index < -0.39 is 17.9 Å². The lowest BCUT2D eigenvalue weighted by Gasteiger charge is -2.44. The number of carbonyl (C=O) groups excluding carboxylic acids is 2. The average Bonchev–Trinajstić information content (AvgIpc) is 3.46. The van der Waals surface area contributed by atoms with Crippen molar-refractivity contribution in [1.82, 2.24) is 25.2 Å². The number of nitrogens with zero attached hydrogens (tertiary/aromatic N) is 4. The van der Waals surface area contributed by atoms with Crippen LogP contribution in [0.4, 0.5) is 0 Å². The number of carbonyl (C=O) groups is 2. The lowest BCUT2D eigenvalue weighted by molar-refractivity contribution is -0.151. The van der Waals surface area contributed by atoms with Crippen LogP contribution in [-0.2, 0) is 16.1 Å². The highest BCUT2D eigenvalue weighted by atomic mass is 16.5. The first-order chi connectivity index (χ1) is 13.5. The molecule has 28 heavy (non-hydrogen) atoms. The maximum atomic E-state index is 13.3. The predicted molar refractivity (Wildman–Crippen MR) is 102 cm³/mol. The van der Waals surface area contributed by atoms with E-state index in [9.17, 15) is 14.8 Å². The van der Waals surface area contributed by atoms with E-state index in [0.717, 1.165) is 44.7 Å². The lowest BCUT2D eigenvalue weighted by atomic mass is 9.80. The number of piperazine rings is 1. The second kappa shape index (κ2) is 7.77. The van der Waals surface area contributed by atoms with Crippen LogP contribution in [0.25, 0.3) is 0 Å². The van der Waals surface area contributed by atoms with Crippen molar-refractivity contribution in [2.75, 3.05) is 39.8 Å². The topological polar surface area (TPSA) is 89.0 Å². The van der Waals surface area contributed by atoms with Crippen LogP contribution in [0.5, 0.6) is 0 Å². The maximum Gasteiger partial charge on any atom is 0.248 e. The SMILES string of the molecule is CN1CC2(CC2)C[C@H](C(=O)NO)[C@H]1C(=O)N1CCN(Cc2ccccn2)CC1. The van der Waals surface area contributed by atoms with Crippen molar-refractivity contribution in [3.63, 3.8) is 0 Å². The van der Waals surface area contributed by atoms with Gasteiger partial charge in [0.15, 0.2) is 0 Å². The fourth-order valence-electron chi connectivity index (χ4n) is 4.83. The van der Waals surface area contributed by atoms with Crippen molar-refractivity contribution in [3.05, 3.63) is 30.1 Å². The Morgan fingerprint density at radius 3 is 2.61 bits per heavy atom. The van der Waals surface area contributed by atoms with E-state index in [1.165, 1.54) is 0 Å². The summed E-state index contributed by atoms with van der Waals surface area (Å²) >= 11 is 0. The van der Waals surface area contributed by atoms with Gasteiger partial charge in [0, 0.05) is 45.5 Å². The summed E-state index contributed by atoms with van der Waals surface area (Å²) in [4.78, 5) is 36.2. The van der Waals surface area contributed by atoms with Crippen molar-refractivity contribution in [3.8, 4) is 0 Å². The molecule has 0 unspecified atom stereocenters. The summed E-state index contributed by atoms with van der Waals surface area (Å²) in [5, 5.41) is 9.19. The molecule has 3 heterocycles. The largest absolute Gasteiger partial charge is 0.339 e. The Morgan fingerprint density at radius 2 is 2.00 bits per heavy atom. The van der Waals surface area contributed by atoms with Gasteiger partial charge in [-0.1, -0.05) is 6.07 Å². The summed E-state index contributed by atoms with van der Waals surface area (Å²) in [6.07, 6.45) is 4.67. The number of hydrogen-bond donors (Lipinski definition) is 2. The minimum atomic E-state index is -0.499. The van der Waals surface area contributed by atoms with Gasteiger partial charge >= 0.3 is 0 Å². The predicted octanol–water partition coefficient (Wildman–Crippen LogP) is 0.332. The van der Waals surface area contributed by atoms with Crippen LogP contribution in [-0.4, -0.2) is 82.5 Å². The number of likely N-dealkylation sites (tertiary alicyclic amines) is 1. The molecule has 3 fully saturated rings. The number of hydrogen-bond acceptors (Lipinski definition) is 6. The molecule has 2 aliphatic heterocycles. The zero-order valence-electron chi connectivity index (χ0n) is 16.4. The smallest absolute Gasteiger partial charge is 0.248 e. The Morgan fingerprint density at radius 1 is 1.25 bits per heavy atom. The van der Waals surface area contributed by atoms with Crippen LogP contribution in [0, 0.1) is 11.3 Å². The summed E-state index contributed by atoms with van der Waals surface area (Å²) in [7, 11) is 1.93. The van der Waals surface area contributed by atoms with Gasteiger partial charge in [0.1, 0.15) is 6.04 Å². The molecule has 0 bridgehead atoms. The Hall–Kier alpha value is -2.03. The van der Waals surface area contributed by atoms with Crippen LogP contribution < -0.4 is 5.48 Å². The molecule has 4 rings (SSSR count). The second-order valence-corrected chi connectivity index (χ2v) is 8.57. The van der Waals surface area contributed by atoms with Crippen LogP contribution in [0.2, 0.25) is 0 Å². The molecule has 2 atom stereocenters. The van der Waals surface area contributed by atoms with E-state index in [2.05, 4.69) is 9.88 Å². The van der Waals surface area contributed by atoms with Crippen molar-refractivity contribution in [1.29, 1.82) is 0 Å². The molecule has 1 spiro atoms. The van der Waals surface area contributed by atoms with Crippen molar-refractivity contribution < 1.29 is 14.8 Å². The second-order valence-electron chi connectivity index (χ2n) is 8.57. The zero-order valence-corrected chi connectivity index (χ0v) is 16.4. The number of aromatic nitrogens is 1. The van der Waals surface area contributed by atoms with Gasteiger partial charge in [-0.2, -0.15) is 0 Å². The van der Waals surface area contributed by atoms with E-state index in [0.29, 0.717) is 19.5 Å². The Balaban J connectivity index is 1.38. The molecule has 1 aromatic rings. The van der Waals surface area contributed by atoms with Crippen LogP contribution in [0.1, 0.15) is 25.0 Å². The van der Waals surface area contributed by atoms with Gasteiger partial charge in [-0.3, -0.25) is 29.6 Å². The Bertz CT molecular complexity index is 716. The molecule has 1 aliphatic carbocycles. The normalized spacial score (nSPS) is 27.6.